The minimum atomic E-state index is -0.152. The van der Waals surface area contributed by atoms with E-state index in [1.807, 2.05) is 55.5 Å². The van der Waals surface area contributed by atoms with Crippen molar-refractivity contribution in [3.63, 3.8) is 0 Å². The van der Waals surface area contributed by atoms with Crippen LogP contribution in [0.2, 0.25) is 0 Å². The Hall–Kier alpha value is -2.73. The molecule has 1 amide bonds. The van der Waals surface area contributed by atoms with Crippen LogP contribution in [0.3, 0.4) is 0 Å². The summed E-state index contributed by atoms with van der Waals surface area (Å²) in [5.74, 6) is 1.78. The van der Waals surface area contributed by atoms with E-state index >= 15 is 0 Å². The number of hydrogen-bond donors (Lipinski definition) is 2. The first-order valence-electron chi connectivity index (χ1n) is 9.64. The van der Waals surface area contributed by atoms with E-state index in [4.69, 9.17) is 14.2 Å². The molecule has 2 N–H and O–H groups in total. The Morgan fingerprint density at radius 2 is 1.75 bits per heavy atom. The monoisotopic (exact) mass is 386 g/mol. The molecule has 0 saturated heterocycles. The zero-order valence-corrected chi connectivity index (χ0v) is 16.9. The summed E-state index contributed by atoms with van der Waals surface area (Å²) in [6.07, 6.45) is 0. The number of rotatable bonds is 12. The maximum absolute atomic E-state index is 12.3. The molecule has 0 fully saturated rings. The summed E-state index contributed by atoms with van der Waals surface area (Å²) in [4.78, 5) is 12.3. The highest BCUT2D eigenvalue weighted by molar-refractivity contribution is 5.95. The van der Waals surface area contributed by atoms with Crippen LogP contribution in [0.1, 0.15) is 20.8 Å². The number of hydrogen-bond acceptors (Lipinski definition) is 5. The zero-order chi connectivity index (χ0) is 20.2. The lowest BCUT2D eigenvalue weighted by molar-refractivity contribution is -0.114. The van der Waals surface area contributed by atoms with Gasteiger partial charge < -0.3 is 24.8 Å². The Morgan fingerprint density at radius 3 is 2.46 bits per heavy atom. The van der Waals surface area contributed by atoms with E-state index in [-0.39, 0.29) is 12.5 Å². The van der Waals surface area contributed by atoms with Crippen LogP contribution in [0.25, 0.3) is 0 Å². The molecule has 2 aromatic rings. The standard InChI is InChI=1S/C22H30N2O4/c1-4-26-13-14-27-21-8-6-5-7-20(21)24-22(25)15-23-18-9-11-19(12-10-18)28-16-17(2)3/h5-12,17,23H,4,13-16H2,1-3H3,(H,24,25). The number of amides is 1. The first-order chi connectivity index (χ1) is 13.6. The van der Waals surface area contributed by atoms with E-state index < -0.39 is 0 Å². The number of para-hydroxylation sites is 2. The quantitative estimate of drug-likeness (QED) is 0.536. The number of anilines is 2. The number of benzene rings is 2. The van der Waals surface area contributed by atoms with E-state index in [2.05, 4.69) is 24.5 Å². The third-order valence-corrected chi connectivity index (χ3v) is 3.74. The van der Waals surface area contributed by atoms with Crippen molar-refractivity contribution < 1.29 is 19.0 Å². The second kappa shape index (κ2) is 11.9. The fraction of sp³-hybridized carbons (Fsp3) is 0.409. The average Bonchev–Trinajstić information content (AvgIpc) is 2.70. The van der Waals surface area contributed by atoms with E-state index in [0.717, 1.165) is 11.4 Å². The molecule has 0 aliphatic heterocycles. The molecule has 0 aromatic heterocycles. The Kier molecular flexibility index (Phi) is 9.15. The van der Waals surface area contributed by atoms with Crippen LogP contribution in [0.15, 0.2) is 48.5 Å². The van der Waals surface area contributed by atoms with E-state index in [9.17, 15) is 4.79 Å². The van der Waals surface area contributed by atoms with Gasteiger partial charge in [0.2, 0.25) is 5.91 Å². The van der Waals surface area contributed by atoms with Crippen LogP contribution in [-0.4, -0.2) is 38.9 Å². The SMILES string of the molecule is CCOCCOc1ccccc1NC(=O)CNc1ccc(OCC(C)C)cc1. The van der Waals surface area contributed by atoms with Crippen molar-refractivity contribution in [1.29, 1.82) is 0 Å². The number of ether oxygens (including phenoxy) is 3. The lowest BCUT2D eigenvalue weighted by Crippen LogP contribution is -2.22. The molecule has 6 heteroatoms. The largest absolute Gasteiger partial charge is 0.493 e. The summed E-state index contributed by atoms with van der Waals surface area (Å²) in [7, 11) is 0. The molecule has 0 spiro atoms. The lowest BCUT2D eigenvalue weighted by Gasteiger charge is -2.13. The molecular weight excluding hydrogens is 356 g/mol. The van der Waals surface area contributed by atoms with Crippen molar-refractivity contribution in [3.8, 4) is 11.5 Å². The molecule has 0 radical (unpaired) electrons. The normalized spacial score (nSPS) is 10.6. The van der Waals surface area contributed by atoms with Crippen LogP contribution in [-0.2, 0) is 9.53 Å². The third-order valence-electron chi connectivity index (χ3n) is 3.74. The second-order valence-electron chi connectivity index (χ2n) is 6.67. The maximum Gasteiger partial charge on any atom is 0.243 e. The molecule has 0 atom stereocenters. The highest BCUT2D eigenvalue weighted by Gasteiger charge is 2.08. The molecule has 0 unspecified atom stereocenters. The number of carbonyl (C=O) groups excluding carboxylic acids is 1. The molecule has 0 saturated carbocycles. The Labute approximate surface area is 167 Å². The van der Waals surface area contributed by atoms with E-state index in [1.54, 1.807) is 0 Å². The average molecular weight is 386 g/mol. The lowest BCUT2D eigenvalue weighted by atomic mass is 10.2. The van der Waals surface area contributed by atoms with Crippen molar-refractivity contribution >= 4 is 17.3 Å². The summed E-state index contributed by atoms with van der Waals surface area (Å²) in [6, 6.07) is 14.9. The molecule has 2 rings (SSSR count). The predicted molar refractivity (Wildman–Crippen MR) is 112 cm³/mol. The molecule has 2 aromatic carbocycles. The van der Waals surface area contributed by atoms with Gasteiger partial charge >= 0.3 is 0 Å². The van der Waals surface area contributed by atoms with Crippen LogP contribution in [0.4, 0.5) is 11.4 Å². The van der Waals surface area contributed by atoms with Crippen molar-refractivity contribution in [1.82, 2.24) is 0 Å². The van der Waals surface area contributed by atoms with Crippen molar-refractivity contribution in [2.75, 3.05) is 43.6 Å². The Bertz CT molecular complexity index is 717. The van der Waals surface area contributed by atoms with Crippen LogP contribution in [0.5, 0.6) is 11.5 Å². The first kappa shape index (κ1) is 21.6. The summed E-state index contributed by atoms with van der Waals surface area (Å²) in [5.41, 5.74) is 1.50. The van der Waals surface area contributed by atoms with E-state index in [1.165, 1.54) is 0 Å². The number of carbonyl (C=O) groups is 1. The summed E-state index contributed by atoms with van der Waals surface area (Å²) in [5, 5.41) is 5.98. The molecule has 0 aliphatic rings. The van der Waals surface area contributed by atoms with Gasteiger partial charge in [0, 0.05) is 12.3 Å². The van der Waals surface area contributed by atoms with Gasteiger partial charge in [-0.3, -0.25) is 4.79 Å². The van der Waals surface area contributed by atoms with Gasteiger partial charge in [-0.1, -0.05) is 26.0 Å². The topological polar surface area (TPSA) is 68.8 Å². The molecule has 152 valence electrons. The fourth-order valence-corrected chi connectivity index (χ4v) is 2.36. The Morgan fingerprint density at radius 1 is 1.00 bits per heavy atom. The van der Waals surface area contributed by atoms with Crippen molar-refractivity contribution in [2.24, 2.45) is 5.92 Å². The molecule has 0 heterocycles. The van der Waals surface area contributed by atoms with Crippen molar-refractivity contribution in [2.45, 2.75) is 20.8 Å². The first-order valence-corrected chi connectivity index (χ1v) is 9.64. The van der Waals surface area contributed by atoms with Gasteiger partial charge in [-0.25, -0.2) is 0 Å². The summed E-state index contributed by atoms with van der Waals surface area (Å²) < 4.78 is 16.6. The highest BCUT2D eigenvalue weighted by Crippen LogP contribution is 2.23. The fourth-order valence-electron chi connectivity index (χ4n) is 2.36. The molecule has 0 aliphatic carbocycles. The van der Waals surface area contributed by atoms with Crippen LogP contribution in [0, 0.1) is 5.92 Å². The molecule has 6 nitrogen and oxygen atoms in total. The van der Waals surface area contributed by atoms with Gasteiger partial charge in [0.05, 0.1) is 25.4 Å². The number of nitrogens with one attached hydrogen (secondary N) is 2. The second-order valence-corrected chi connectivity index (χ2v) is 6.67. The molecule has 28 heavy (non-hydrogen) atoms. The summed E-state index contributed by atoms with van der Waals surface area (Å²) in [6.45, 7) is 8.58. The minimum absolute atomic E-state index is 0.152. The molecular formula is C22H30N2O4. The Balaban J connectivity index is 1.81. The van der Waals surface area contributed by atoms with Gasteiger partial charge in [-0.2, -0.15) is 0 Å². The van der Waals surface area contributed by atoms with Crippen molar-refractivity contribution in [3.05, 3.63) is 48.5 Å². The van der Waals surface area contributed by atoms with Gasteiger partial charge in [0.1, 0.15) is 18.1 Å². The van der Waals surface area contributed by atoms with Gasteiger partial charge in [0.25, 0.3) is 0 Å². The van der Waals surface area contributed by atoms with Crippen LogP contribution >= 0.6 is 0 Å². The predicted octanol–water partition coefficient (Wildman–Crippen LogP) is 4.19. The molecule has 0 bridgehead atoms. The van der Waals surface area contributed by atoms with Gasteiger partial charge in [-0.05, 0) is 49.2 Å². The summed E-state index contributed by atoms with van der Waals surface area (Å²) >= 11 is 0. The van der Waals surface area contributed by atoms with Crippen LogP contribution < -0.4 is 20.1 Å². The van der Waals surface area contributed by atoms with E-state index in [0.29, 0.717) is 43.8 Å². The minimum Gasteiger partial charge on any atom is -0.493 e. The van der Waals surface area contributed by atoms with Gasteiger partial charge in [0.15, 0.2) is 0 Å². The highest BCUT2D eigenvalue weighted by atomic mass is 16.5. The maximum atomic E-state index is 12.3. The zero-order valence-electron chi connectivity index (χ0n) is 16.9. The third kappa shape index (κ3) is 7.88. The smallest absolute Gasteiger partial charge is 0.243 e. The van der Waals surface area contributed by atoms with Gasteiger partial charge in [-0.15, -0.1) is 0 Å².